The van der Waals surface area contributed by atoms with Crippen molar-refractivity contribution < 1.29 is 4.42 Å². The van der Waals surface area contributed by atoms with Crippen LogP contribution in [0.1, 0.15) is 0 Å². The van der Waals surface area contributed by atoms with Crippen LogP contribution in [0, 0.1) is 0 Å². The Labute approximate surface area is 282 Å². The zero-order valence-corrected chi connectivity index (χ0v) is 26.3. The van der Waals surface area contributed by atoms with Crippen LogP contribution in [-0.4, -0.2) is 15.0 Å². The number of aromatic nitrogens is 3. The molecule has 0 fully saturated rings. The first kappa shape index (κ1) is 27.5. The molecule has 2 heterocycles. The molecular formula is C45H27N3O. The van der Waals surface area contributed by atoms with Gasteiger partial charge in [-0.1, -0.05) is 152 Å². The van der Waals surface area contributed by atoms with E-state index in [2.05, 4.69) is 127 Å². The van der Waals surface area contributed by atoms with Crippen molar-refractivity contribution in [2.24, 2.45) is 0 Å². The van der Waals surface area contributed by atoms with Crippen LogP contribution in [0.25, 0.3) is 99.5 Å². The number of furan rings is 1. The number of rotatable bonds is 4. The molecule has 0 saturated heterocycles. The fraction of sp³-hybridized carbons (Fsp3) is 0. The molecule has 49 heavy (non-hydrogen) atoms. The second-order valence-electron chi connectivity index (χ2n) is 12.4. The van der Waals surface area contributed by atoms with E-state index in [4.69, 9.17) is 19.4 Å². The quantitative estimate of drug-likeness (QED) is 0.183. The van der Waals surface area contributed by atoms with Crippen molar-refractivity contribution in [3.63, 3.8) is 0 Å². The first-order chi connectivity index (χ1) is 24.3. The summed E-state index contributed by atoms with van der Waals surface area (Å²) in [5, 5.41) is 9.19. The van der Waals surface area contributed by atoms with Gasteiger partial charge in [-0.15, -0.1) is 0 Å². The van der Waals surface area contributed by atoms with E-state index in [-0.39, 0.29) is 0 Å². The summed E-state index contributed by atoms with van der Waals surface area (Å²) in [4.78, 5) is 15.6. The molecule has 10 aromatic rings. The Hall–Kier alpha value is -6.65. The molecule has 2 aromatic heterocycles. The third-order valence-corrected chi connectivity index (χ3v) is 9.54. The molecule has 0 N–H and O–H groups in total. The summed E-state index contributed by atoms with van der Waals surface area (Å²) in [5.74, 6) is 1.85. The molecule has 0 amide bonds. The van der Waals surface area contributed by atoms with Crippen LogP contribution in [0.5, 0.6) is 0 Å². The molecule has 0 unspecified atom stereocenters. The highest BCUT2D eigenvalue weighted by molar-refractivity contribution is 6.22. The maximum atomic E-state index is 6.26. The Bertz CT molecular complexity index is 2870. The van der Waals surface area contributed by atoms with E-state index >= 15 is 0 Å². The lowest BCUT2D eigenvalue weighted by Gasteiger charge is -2.13. The minimum atomic E-state index is 0.604. The molecule has 0 atom stereocenters. The van der Waals surface area contributed by atoms with Crippen LogP contribution in [0.2, 0.25) is 0 Å². The molecule has 0 spiro atoms. The van der Waals surface area contributed by atoms with Crippen LogP contribution in [0.4, 0.5) is 0 Å². The normalized spacial score (nSPS) is 11.7. The van der Waals surface area contributed by atoms with Crippen molar-refractivity contribution in [3.8, 4) is 45.3 Å². The van der Waals surface area contributed by atoms with Gasteiger partial charge in [0.25, 0.3) is 0 Å². The number of fused-ring (bicyclic) bond motifs is 8. The lowest BCUT2D eigenvalue weighted by atomic mass is 9.94. The molecule has 4 heteroatoms. The maximum Gasteiger partial charge on any atom is 0.164 e. The zero-order chi connectivity index (χ0) is 32.3. The van der Waals surface area contributed by atoms with E-state index in [1.54, 1.807) is 0 Å². The second-order valence-corrected chi connectivity index (χ2v) is 12.4. The van der Waals surface area contributed by atoms with Crippen LogP contribution in [0.15, 0.2) is 168 Å². The summed E-state index contributed by atoms with van der Waals surface area (Å²) < 4.78 is 6.26. The highest BCUT2D eigenvalue weighted by Gasteiger charge is 2.19. The molecule has 0 saturated carbocycles. The fourth-order valence-corrected chi connectivity index (χ4v) is 7.21. The average Bonchev–Trinajstić information content (AvgIpc) is 3.57. The molecule has 10 rings (SSSR count). The summed E-state index contributed by atoms with van der Waals surface area (Å²) in [6, 6.07) is 56.9. The highest BCUT2D eigenvalue weighted by atomic mass is 16.3. The third-order valence-electron chi connectivity index (χ3n) is 9.54. The zero-order valence-electron chi connectivity index (χ0n) is 26.3. The van der Waals surface area contributed by atoms with Crippen LogP contribution in [0.3, 0.4) is 0 Å². The van der Waals surface area contributed by atoms with Crippen molar-refractivity contribution in [2.75, 3.05) is 0 Å². The fourth-order valence-electron chi connectivity index (χ4n) is 7.21. The number of benzene rings is 8. The van der Waals surface area contributed by atoms with E-state index < -0.39 is 0 Å². The molecule has 0 bridgehead atoms. The Morgan fingerprint density at radius 2 is 0.898 bits per heavy atom. The Kier molecular flexibility index (Phi) is 6.15. The van der Waals surface area contributed by atoms with Crippen molar-refractivity contribution in [3.05, 3.63) is 164 Å². The predicted molar refractivity (Wildman–Crippen MR) is 201 cm³/mol. The molecular weight excluding hydrogens is 599 g/mol. The van der Waals surface area contributed by atoms with Gasteiger partial charge in [0.05, 0.1) is 0 Å². The summed E-state index contributed by atoms with van der Waals surface area (Å²) in [6.07, 6.45) is 0. The maximum absolute atomic E-state index is 6.26. The van der Waals surface area contributed by atoms with Gasteiger partial charge in [-0.3, -0.25) is 0 Å². The van der Waals surface area contributed by atoms with Gasteiger partial charge in [-0.05, 0) is 55.6 Å². The van der Waals surface area contributed by atoms with E-state index in [1.807, 2.05) is 36.4 Å². The number of hydrogen-bond donors (Lipinski definition) is 0. The minimum absolute atomic E-state index is 0.604. The van der Waals surface area contributed by atoms with E-state index in [9.17, 15) is 0 Å². The summed E-state index contributed by atoms with van der Waals surface area (Å²) >= 11 is 0. The van der Waals surface area contributed by atoms with Crippen LogP contribution < -0.4 is 0 Å². The lowest BCUT2D eigenvalue weighted by Crippen LogP contribution is -2.01. The molecule has 0 aliphatic carbocycles. The third kappa shape index (κ3) is 4.49. The summed E-state index contributed by atoms with van der Waals surface area (Å²) in [7, 11) is 0. The smallest absolute Gasteiger partial charge is 0.164 e. The number of hydrogen-bond acceptors (Lipinski definition) is 4. The van der Waals surface area contributed by atoms with Gasteiger partial charge >= 0.3 is 0 Å². The molecule has 0 aliphatic heterocycles. The van der Waals surface area contributed by atoms with Crippen molar-refractivity contribution in [1.82, 2.24) is 15.0 Å². The summed E-state index contributed by atoms with van der Waals surface area (Å²) in [6.45, 7) is 0. The Morgan fingerprint density at radius 3 is 1.78 bits per heavy atom. The summed E-state index contributed by atoms with van der Waals surface area (Å²) in [5.41, 5.74) is 6.74. The van der Waals surface area contributed by atoms with Crippen LogP contribution >= 0.6 is 0 Å². The first-order valence-corrected chi connectivity index (χ1v) is 16.4. The average molecular weight is 626 g/mol. The van der Waals surface area contributed by atoms with Gasteiger partial charge in [-0.25, -0.2) is 15.0 Å². The molecule has 228 valence electrons. The van der Waals surface area contributed by atoms with Crippen molar-refractivity contribution in [1.29, 1.82) is 0 Å². The Balaban J connectivity index is 1.23. The molecule has 4 nitrogen and oxygen atoms in total. The Morgan fingerprint density at radius 1 is 0.306 bits per heavy atom. The predicted octanol–water partition coefficient (Wildman–Crippen LogP) is 11.9. The van der Waals surface area contributed by atoms with Gasteiger partial charge in [0.1, 0.15) is 11.2 Å². The van der Waals surface area contributed by atoms with E-state index in [0.717, 1.165) is 49.6 Å². The highest BCUT2D eigenvalue weighted by Crippen LogP contribution is 2.39. The monoisotopic (exact) mass is 625 g/mol. The second kappa shape index (κ2) is 11.0. The van der Waals surface area contributed by atoms with Gasteiger partial charge < -0.3 is 4.42 Å². The first-order valence-electron chi connectivity index (χ1n) is 16.4. The van der Waals surface area contributed by atoms with E-state index in [1.165, 1.54) is 32.5 Å². The van der Waals surface area contributed by atoms with Gasteiger partial charge in [0, 0.05) is 27.5 Å². The SMILES string of the molecule is c1ccc(-c2ccc(-c3nc(-c4cccc5c4ccc4ccc6ccccc6c45)nc(-c4cccc5oc6ccccc6c45)n3)cc2)cc1. The van der Waals surface area contributed by atoms with Crippen molar-refractivity contribution >= 4 is 54.3 Å². The van der Waals surface area contributed by atoms with Gasteiger partial charge in [-0.2, -0.15) is 0 Å². The largest absolute Gasteiger partial charge is 0.456 e. The van der Waals surface area contributed by atoms with Crippen LogP contribution in [-0.2, 0) is 0 Å². The minimum Gasteiger partial charge on any atom is -0.456 e. The lowest BCUT2D eigenvalue weighted by molar-refractivity contribution is 0.669. The number of nitrogens with zero attached hydrogens (tertiary/aromatic N) is 3. The van der Waals surface area contributed by atoms with Crippen molar-refractivity contribution in [2.45, 2.75) is 0 Å². The molecule has 8 aromatic carbocycles. The topological polar surface area (TPSA) is 51.8 Å². The van der Waals surface area contributed by atoms with Gasteiger partial charge in [0.2, 0.25) is 0 Å². The molecule has 0 aliphatic rings. The number of para-hydroxylation sites is 1. The standard InChI is InChI=1S/C45H27N3O/c1-2-10-28(11-3-1)29-20-24-32(25-21-29)43-46-44(48-45(47-43)38-17-9-19-40-42(38)37-14-6-7-18-39(37)49-40)36-16-8-15-35-34(36)27-26-31-23-22-30-12-4-5-13-33(30)41(31)35/h1-27H. The molecule has 0 radical (unpaired) electrons. The van der Waals surface area contributed by atoms with E-state index in [0.29, 0.717) is 17.5 Å². The van der Waals surface area contributed by atoms with Gasteiger partial charge in [0.15, 0.2) is 17.5 Å².